The molecule has 0 fully saturated rings. The first-order valence-corrected chi connectivity index (χ1v) is 5.92. The number of carboxylic acid groups (broad SMARTS) is 1. The van der Waals surface area contributed by atoms with E-state index >= 15 is 0 Å². The van der Waals surface area contributed by atoms with Crippen LogP contribution in [0.25, 0.3) is 11.4 Å². The fraction of sp³-hybridized carbons (Fsp3) is 0.308. The Morgan fingerprint density at radius 1 is 1.42 bits per heavy atom. The highest BCUT2D eigenvalue weighted by molar-refractivity contribution is 5.72. The summed E-state index contributed by atoms with van der Waals surface area (Å²) in [7, 11) is 0. The molecule has 0 aliphatic heterocycles. The number of aromatic nitrogens is 2. The molecule has 0 saturated carbocycles. The van der Waals surface area contributed by atoms with Gasteiger partial charge in [0, 0.05) is 5.56 Å². The van der Waals surface area contributed by atoms with Crippen molar-refractivity contribution < 1.29 is 14.4 Å². The van der Waals surface area contributed by atoms with Crippen molar-refractivity contribution in [2.45, 2.75) is 26.4 Å². The van der Waals surface area contributed by atoms with Crippen LogP contribution < -0.4 is 5.32 Å². The molecule has 19 heavy (non-hydrogen) atoms. The Labute approximate surface area is 110 Å². The van der Waals surface area contributed by atoms with Gasteiger partial charge >= 0.3 is 5.97 Å². The van der Waals surface area contributed by atoms with E-state index in [4.69, 9.17) is 9.63 Å². The summed E-state index contributed by atoms with van der Waals surface area (Å²) in [5, 5.41) is 15.4. The molecule has 1 aromatic carbocycles. The standard InChI is InChI=1S/C13H15N3O3/c1-8-3-5-10(6-4-8)12-15-11(19-16-12)7-14-9(2)13(17)18/h3-6,9,14H,7H2,1-2H3,(H,17,18)/t9-/m1/s1. The molecule has 0 spiro atoms. The highest BCUT2D eigenvalue weighted by Gasteiger charge is 2.13. The second kappa shape index (κ2) is 5.62. The zero-order valence-corrected chi connectivity index (χ0v) is 10.8. The third kappa shape index (κ3) is 3.38. The average molecular weight is 261 g/mol. The molecule has 1 atom stereocenters. The second-order valence-corrected chi connectivity index (χ2v) is 4.32. The summed E-state index contributed by atoms with van der Waals surface area (Å²) in [5.41, 5.74) is 2.02. The van der Waals surface area contributed by atoms with Crippen molar-refractivity contribution in [2.75, 3.05) is 0 Å². The van der Waals surface area contributed by atoms with Crippen LogP contribution in [-0.4, -0.2) is 27.3 Å². The van der Waals surface area contributed by atoms with Crippen LogP contribution in [0.4, 0.5) is 0 Å². The highest BCUT2D eigenvalue weighted by atomic mass is 16.5. The maximum absolute atomic E-state index is 10.6. The van der Waals surface area contributed by atoms with Crippen LogP contribution in [0, 0.1) is 6.92 Å². The normalized spacial score (nSPS) is 12.3. The lowest BCUT2D eigenvalue weighted by Gasteiger charge is -2.05. The summed E-state index contributed by atoms with van der Waals surface area (Å²) < 4.78 is 5.06. The number of nitrogens with one attached hydrogen (secondary N) is 1. The van der Waals surface area contributed by atoms with Crippen LogP contribution in [0.1, 0.15) is 18.4 Å². The Morgan fingerprint density at radius 3 is 2.74 bits per heavy atom. The van der Waals surface area contributed by atoms with Crippen molar-refractivity contribution in [1.29, 1.82) is 0 Å². The molecule has 6 heteroatoms. The monoisotopic (exact) mass is 261 g/mol. The molecule has 0 amide bonds. The highest BCUT2D eigenvalue weighted by Crippen LogP contribution is 2.16. The third-order valence-corrected chi connectivity index (χ3v) is 2.71. The van der Waals surface area contributed by atoms with Crippen molar-refractivity contribution in [3.8, 4) is 11.4 Å². The number of aryl methyl sites for hydroxylation is 1. The number of carboxylic acids is 1. The number of nitrogens with zero attached hydrogens (tertiary/aromatic N) is 2. The first-order valence-electron chi connectivity index (χ1n) is 5.92. The van der Waals surface area contributed by atoms with E-state index in [1.807, 2.05) is 31.2 Å². The molecule has 2 rings (SSSR count). The Hall–Kier alpha value is -2.21. The predicted octanol–water partition coefficient (Wildman–Crippen LogP) is 1.61. The van der Waals surface area contributed by atoms with Gasteiger partial charge in [0.1, 0.15) is 6.04 Å². The van der Waals surface area contributed by atoms with Crippen LogP contribution in [0.5, 0.6) is 0 Å². The largest absolute Gasteiger partial charge is 0.480 e. The number of benzene rings is 1. The SMILES string of the molecule is Cc1ccc(-c2noc(CN[C@H](C)C(=O)O)n2)cc1. The van der Waals surface area contributed by atoms with Gasteiger partial charge in [-0.05, 0) is 13.8 Å². The fourth-order valence-corrected chi connectivity index (χ4v) is 1.47. The molecule has 2 aromatic rings. The molecule has 6 nitrogen and oxygen atoms in total. The predicted molar refractivity (Wildman–Crippen MR) is 68.4 cm³/mol. The number of hydrogen-bond acceptors (Lipinski definition) is 5. The van der Waals surface area contributed by atoms with Gasteiger partial charge in [0.05, 0.1) is 6.54 Å². The van der Waals surface area contributed by atoms with Crippen LogP contribution >= 0.6 is 0 Å². The molecule has 2 N–H and O–H groups in total. The van der Waals surface area contributed by atoms with Gasteiger partial charge in [-0.1, -0.05) is 35.0 Å². The smallest absolute Gasteiger partial charge is 0.320 e. The van der Waals surface area contributed by atoms with E-state index in [0.717, 1.165) is 11.1 Å². The molecule has 0 unspecified atom stereocenters. The quantitative estimate of drug-likeness (QED) is 0.850. The minimum Gasteiger partial charge on any atom is -0.480 e. The second-order valence-electron chi connectivity index (χ2n) is 4.32. The van der Waals surface area contributed by atoms with Gasteiger partial charge in [-0.15, -0.1) is 0 Å². The summed E-state index contributed by atoms with van der Waals surface area (Å²) in [5.74, 6) is -0.0540. The Bertz CT molecular complexity index is 563. The van der Waals surface area contributed by atoms with Gasteiger partial charge < -0.3 is 9.63 Å². The number of rotatable bonds is 5. The summed E-state index contributed by atoms with van der Waals surface area (Å²) in [6.07, 6.45) is 0. The van der Waals surface area contributed by atoms with Gasteiger partial charge in [0.2, 0.25) is 11.7 Å². The summed E-state index contributed by atoms with van der Waals surface area (Å²) >= 11 is 0. The molecule has 1 heterocycles. The number of hydrogen-bond donors (Lipinski definition) is 2. The minimum absolute atomic E-state index is 0.229. The molecular formula is C13H15N3O3. The summed E-state index contributed by atoms with van der Waals surface area (Å²) in [6, 6.07) is 7.11. The average Bonchev–Trinajstić information content (AvgIpc) is 2.85. The maximum atomic E-state index is 10.6. The Kier molecular flexibility index (Phi) is 3.91. The van der Waals surface area contributed by atoms with Gasteiger partial charge in [0.15, 0.2) is 0 Å². The molecule has 100 valence electrons. The summed E-state index contributed by atoms with van der Waals surface area (Å²) in [4.78, 5) is 14.9. The van der Waals surface area contributed by atoms with Crippen molar-refractivity contribution in [1.82, 2.24) is 15.5 Å². The van der Waals surface area contributed by atoms with Crippen LogP contribution in [-0.2, 0) is 11.3 Å². The van der Waals surface area contributed by atoms with Crippen molar-refractivity contribution >= 4 is 5.97 Å². The Morgan fingerprint density at radius 2 is 2.11 bits per heavy atom. The number of aliphatic carboxylic acids is 1. The van der Waals surface area contributed by atoms with Crippen molar-refractivity contribution in [2.24, 2.45) is 0 Å². The minimum atomic E-state index is -0.918. The van der Waals surface area contributed by atoms with E-state index in [0.29, 0.717) is 11.7 Å². The van der Waals surface area contributed by atoms with E-state index < -0.39 is 12.0 Å². The molecule has 0 aliphatic rings. The van der Waals surface area contributed by atoms with Crippen LogP contribution in [0.15, 0.2) is 28.8 Å². The maximum Gasteiger partial charge on any atom is 0.320 e. The van der Waals surface area contributed by atoms with E-state index in [-0.39, 0.29) is 6.54 Å². The van der Waals surface area contributed by atoms with Crippen molar-refractivity contribution in [3.63, 3.8) is 0 Å². The summed E-state index contributed by atoms with van der Waals surface area (Å²) in [6.45, 7) is 3.79. The molecule has 0 aliphatic carbocycles. The fourth-order valence-electron chi connectivity index (χ4n) is 1.47. The first kappa shape index (κ1) is 13.2. The number of carbonyl (C=O) groups is 1. The van der Waals surface area contributed by atoms with Gasteiger partial charge in [0.25, 0.3) is 0 Å². The zero-order chi connectivity index (χ0) is 13.8. The van der Waals surface area contributed by atoms with Gasteiger partial charge in [-0.25, -0.2) is 0 Å². The molecule has 1 aromatic heterocycles. The zero-order valence-electron chi connectivity index (χ0n) is 10.8. The van der Waals surface area contributed by atoms with E-state index in [2.05, 4.69) is 15.5 Å². The lowest BCUT2D eigenvalue weighted by Crippen LogP contribution is -2.33. The van der Waals surface area contributed by atoms with Crippen LogP contribution in [0.3, 0.4) is 0 Å². The van der Waals surface area contributed by atoms with Gasteiger partial charge in [-0.2, -0.15) is 4.98 Å². The molecule has 0 saturated heterocycles. The molecule has 0 bridgehead atoms. The first-order chi connectivity index (χ1) is 9.06. The van der Waals surface area contributed by atoms with Crippen molar-refractivity contribution in [3.05, 3.63) is 35.7 Å². The topological polar surface area (TPSA) is 88.2 Å². The van der Waals surface area contributed by atoms with E-state index in [1.54, 1.807) is 6.92 Å². The Balaban J connectivity index is 2.03. The third-order valence-electron chi connectivity index (χ3n) is 2.71. The lowest BCUT2D eigenvalue weighted by molar-refractivity contribution is -0.139. The van der Waals surface area contributed by atoms with E-state index in [1.165, 1.54) is 0 Å². The molecular weight excluding hydrogens is 246 g/mol. The van der Waals surface area contributed by atoms with Gasteiger partial charge in [-0.3, -0.25) is 10.1 Å². The molecule has 0 radical (unpaired) electrons. The van der Waals surface area contributed by atoms with E-state index in [9.17, 15) is 4.79 Å². The lowest BCUT2D eigenvalue weighted by atomic mass is 10.1. The van der Waals surface area contributed by atoms with Crippen LogP contribution in [0.2, 0.25) is 0 Å².